The zero-order valence-corrected chi connectivity index (χ0v) is 12.0. The molecule has 2 aromatic rings. The third kappa shape index (κ3) is 3.10. The molecule has 2 unspecified atom stereocenters. The number of ether oxygens (including phenoxy) is 1. The van der Waals surface area contributed by atoms with Crippen molar-refractivity contribution in [3.8, 4) is 5.75 Å². The van der Waals surface area contributed by atoms with E-state index >= 15 is 0 Å². The Kier molecular flexibility index (Phi) is 4.16. The van der Waals surface area contributed by atoms with Crippen molar-refractivity contribution in [2.45, 2.75) is 44.8 Å². The van der Waals surface area contributed by atoms with E-state index in [2.05, 4.69) is 35.4 Å². The molecular weight excluding hydrogens is 248 g/mol. The van der Waals surface area contributed by atoms with Crippen LogP contribution in [0.3, 0.4) is 0 Å². The summed E-state index contributed by atoms with van der Waals surface area (Å²) in [6.07, 6.45) is 6.93. The first-order chi connectivity index (χ1) is 9.85. The Morgan fingerprint density at radius 1 is 1.30 bits per heavy atom. The van der Waals surface area contributed by atoms with E-state index in [4.69, 9.17) is 4.74 Å². The lowest BCUT2D eigenvalue weighted by molar-refractivity contribution is 0.135. The van der Waals surface area contributed by atoms with Gasteiger partial charge in [0.25, 0.3) is 0 Å². The number of nitrogens with zero attached hydrogens (tertiary/aromatic N) is 1. The van der Waals surface area contributed by atoms with E-state index in [0.717, 1.165) is 36.0 Å². The van der Waals surface area contributed by atoms with Crippen LogP contribution in [0.4, 0.5) is 0 Å². The Bertz CT molecular complexity index is 568. The van der Waals surface area contributed by atoms with Crippen LogP contribution in [0.25, 0.3) is 10.9 Å². The molecule has 1 N–H and O–H groups in total. The molecule has 0 aliphatic heterocycles. The van der Waals surface area contributed by atoms with Crippen molar-refractivity contribution in [1.82, 2.24) is 10.3 Å². The molecule has 0 spiro atoms. The zero-order valence-electron chi connectivity index (χ0n) is 12.0. The van der Waals surface area contributed by atoms with Crippen LogP contribution in [0.5, 0.6) is 5.75 Å². The maximum Gasteiger partial charge on any atom is 0.121 e. The predicted molar refractivity (Wildman–Crippen MR) is 82.1 cm³/mol. The van der Waals surface area contributed by atoms with Gasteiger partial charge >= 0.3 is 0 Å². The minimum absolute atomic E-state index is 0.328. The Labute approximate surface area is 120 Å². The normalized spacial score (nSPS) is 22.9. The average molecular weight is 270 g/mol. The van der Waals surface area contributed by atoms with Gasteiger partial charge in [-0.3, -0.25) is 4.98 Å². The molecule has 2 atom stereocenters. The lowest BCUT2D eigenvalue weighted by Gasteiger charge is -2.30. The number of pyridine rings is 1. The maximum absolute atomic E-state index is 6.16. The van der Waals surface area contributed by atoms with Gasteiger partial charge in [0.15, 0.2) is 0 Å². The van der Waals surface area contributed by atoms with Gasteiger partial charge in [0.05, 0.1) is 5.52 Å². The van der Waals surface area contributed by atoms with E-state index in [1.165, 1.54) is 12.8 Å². The molecule has 3 rings (SSSR count). The molecule has 0 saturated heterocycles. The summed E-state index contributed by atoms with van der Waals surface area (Å²) >= 11 is 0. The summed E-state index contributed by atoms with van der Waals surface area (Å²) in [5.74, 6) is 0.943. The Morgan fingerprint density at radius 3 is 3.15 bits per heavy atom. The SMILES string of the molecule is CCNC1CCCC(Oc2ccc3cccnc3c2)C1. The Balaban J connectivity index is 1.69. The fourth-order valence-corrected chi connectivity index (χ4v) is 3.04. The van der Waals surface area contributed by atoms with Crippen LogP contribution in [-0.2, 0) is 0 Å². The highest BCUT2D eigenvalue weighted by atomic mass is 16.5. The van der Waals surface area contributed by atoms with Crippen molar-refractivity contribution in [3.05, 3.63) is 36.5 Å². The fraction of sp³-hybridized carbons (Fsp3) is 0.471. The molecule has 3 nitrogen and oxygen atoms in total. The second kappa shape index (κ2) is 6.23. The third-order valence-corrected chi connectivity index (χ3v) is 4.00. The molecule has 106 valence electrons. The molecule has 0 amide bonds. The molecule has 1 aromatic heterocycles. The molecule has 1 aliphatic carbocycles. The molecule has 1 aliphatic rings. The maximum atomic E-state index is 6.16. The van der Waals surface area contributed by atoms with E-state index < -0.39 is 0 Å². The van der Waals surface area contributed by atoms with Gasteiger partial charge in [-0.05, 0) is 50.4 Å². The van der Waals surface area contributed by atoms with Crippen LogP contribution in [0.15, 0.2) is 36.5 Å². The molecule has 1 saturated carbocycles. The van der Waals surface area contributed by atoms with E-state index in [9.17, 15) is 0 Å². The first-order valence-corrected chi connectivity index (χ1v) is 7.60. The van der Waals surface area contributed by atoms with E-state index in [0.29, 0.717) is 12.1 Å². The first kappa shape index (κ1) is 13.4. The van der Waals surface area contributed by atoms with E-state index in [1.54, 1.807) is 0 Å². The second-order valence-electron chi connectivity index (χ2n) is 5.52. The van der Waals surface area contributed by atoms with Gasteiger partial charge in [-0.15, -0.1) is 0 Å². The van der Waals surface area contributed by atoms with Crippen molar-refractivity contribution in [2.24, 2.45) is 0 Å². The standard InChI is InChI=1S/C17H22N2O/c1-2-18-14-6-3-7-15(11-14)20-16-9-8-13-5-4-10-19-17(13)12-16/h4-5,8-10,12,14-15,18H,2-3,6-7,11H2,1H3. The highest BCUT2D eigenvalue weighted by Gasteiger charge is 2.22. The van der Waals surface area contributed by atoms with Crippen LogP contribution in [-0.4, -0.2) is 23.7 Å². The van der Waals surface area contributed by atoms with Crippen molar-refractivity contribution in [1.29, 1.82) is 0 Å². The first-order valence-electron chi connectivity index (χ1n) is 7.60. The van der Waals surface area contributed by atoms with Crippen molar-refractivity contribution in [3.63, 3.8) is 0 Å². The Morgan fingerprint density at radius 2 is 2.25 bits per heavy atom. The number of benzene rings is 1. The number of hydrogen-bond acceptors (Lipinski definition) is 3. The fourth-order valence-electron chi connectivity index (χ4n) is 3.04. The van der Waals surface area contributed by atoms with Crippen LogP contribution in [0.1, 0.15) is 32.6 Å². The Hall–Kier alpha value is -1.61. The number of fused-ring (bicyclic) bond motifs is 1. The van der Waals surface area contributed by atoms with Gasteiger partial charge in [0.2, 0.25) is 0 Å². The monoisotopic (exact) mass is 270 g/mol. The molecule has 0 radical (unpaired) electrons. The number of hydrogen-bond donors (Lipinski definition) is 1. The smallest absolute Gasteiger partial charge is 0.121 e. The highest BCUT2D eigenvalue weighted by molar-refractivity contribution is 5.79. The largest absolute Gasteiger partial charge is 0.490 e. The van der Waals surface area contributed by atoms with E-state index in [1.807, 2.05) is 18.3 Å². The molecule has 20 heavy (non-hydrogen) atoms. The molecular formula is C17H22N2O. The van der Waals surface area contributed by atoms with Crippen LogP contribution < -0.4 is 10.1 Å². The summed E-state index contributed by atoms with van der Waals surface area (Å²) in [4.78, 5) is 4.39. The van der Waals surface area contributed by atoms with Crippen molar-refractivity contribution < 1.29 is 4.74 Å². The second-order valence-corrected chi connectivity index (χ2v) is 5.52. The number of rotatable bonds is 4. The predicted octanol–water partition coefficient (Wildman–Crippen LogP) is 3.53. The molecule has 1 fully saturated rings. The van der Waals surface area contributed by atoms with Gasteiger partial charge < -0.3 is 10.1 Å². The minimum atomic E-state index is 0.328. The molecule has 1 aromatic carbocycles. The van der Waals surface area contributed by atoms with Crippen LogP contribution >= 0.6 is 0 Å². The lowest BCUT2D eigenvalue weighted by atomic mass is 9.93. The molecule has 1 heterocycles. The lowest BCUT2D eigenvalue weighted by Crippen LogP contribution is -2.37. The topological polar surface area (TPSA) is 34.1 Å². The summed E-state index contributed by atoms with van der Waals surface area (Å²) in [5.41, 5.74) is 1.00. The summed E-state index contributed by atoms with van der Waals surface area (Å²) in [5, 5.41) is 4.70. The van der Waals surface area contributed by atoms with E-state index in [-0.39, 0.29) is 0 Å². The van der Waals surface area contributed by atoms with Crippen LogP contribution in [0, 0.1) is 0 Å². The summed E-state index contributed by atoms with van der Waals surface area (Å²) < 4.78 is 6.16. The van der Waals surface area contributed by atoms with Gasteiger partial charge in [-0.25, -0.2) is 0 Å². The van der Waals surface area contributed by atoms with Crippen LogP contribution in [0.2, 0.25) is 0 Å². The minimum Gasteiger partial charge on any atom is -0.490 e. The van der Waals surface area contributed by atoms with Gasteiger partial charge in [0, 0.05) is 23.7 Å². The summed E-state index contributed by atoms with van der Waals surface area (Å²) in [6.45, 7) is 3.21. The van der Waals surface area contributed by atoms with Gasteiger partial charge in [-0.2, -0.15) is 0 Å². The van der Waals surface area contributed by atoms with Crippen molar-refractivity contribution in [2.75, 3.05) is 6.54 Å². The molecule has 3 heteroatoms. The summed E-state index contributed by atoms with van der Waals surface area (Å²) in [7, 11) is 0. The molecule has 0 bridgehead atoms. The van der Waals surface area contributed by atoms with Gasteiger partial charge in [0.1, 0.15) is 11.9 Å². The summed E-state index contributed by atoms with van der Waals surface area (Å²) in [6, 6.07) is 10.8. The number of nitrogens with one attached hydrogen (secondary N) is 1. The average Bonchev–Trinajstić information content (AvgIpc) is 2.48. The third-order valence-electron chi connectivity index (χ3n) is 4.00. The highest BCUT2D eigenvalue weighted by Crippen LogP contribution is 2.25. The van der Waals surface area contributed by atoms with Gasteiger partial charge in [-0.1, -0.05) is 13.0 Å². The van der Waals surface area contributed by atoms with Crippen molar-refractivity contribution >= 4 is 10.9 Å². The quantitative estimate of drug-likeness (QED) is 0.922. The number of aromatic nitrogens is 1. The zero-order chi connectivity index (χ0) is 13.8.